The van der Waals surface area contributed by atoms with Crippen LogP contribution in [0, 0.1) is 5.92 Å². The van der Waals surface area contributed by atoms with E-state index in [1.807, 2.05) is 4.72 Å². The van der Waals surface area contributed by atoms with Crippen molar-refractivity contribution in [3.8, 4) is 11.6 Å². The topological polar surface area (TPSA) is 203 Å². The van der Waals surface area contributed by atoms with E-state index in [0.717, 1.165) is 5.39 Å². The van der Waals surface area contributed by atoms with Gasteiger partial charge < -0.3 is 34.9 Å². The number of alkyl halides is 1. The minimum absolute atomic E-state index is 0.0650. The number of nitrogens with zero attached hydrogens (tertiary/aromatic N) is 2. The van der Waals surface area contributed by atoms with Crippen LogP contribution >= 0.6 is 0 Å². The molecule has 4 N–H and O–H groups in total. The number of carbonyl (C=O) groups is 4. The van der Waals surface area contributed by atoms with Gasteiger partial charge >= 0.3 is 6.09 Å². The summed E-state index contributed by atoms with van der Waals surface area (Å²) in [5, 5.41) is 16.1. The third kappa shape index (κ3) is 7.18. The Balaban J connectivity index is 1.33. The molecule has 1 aromatic heterocycles. The number of allylic oxidation sites excluding steroid dienone is 1. The van der Waals surface area contributed by atoms with Crippen LogP contribution in [-0.4, -0.2) is 108 Å². The molecule has 1 saturated heterocycles. The first-order chi connectivity index (χ1) is 24.2. The molecule has 0 spiro atoms. The number of fused-ring (bicyclic) bond motifs is 3. The van der Waals surface area contributed by atoms with Crippen LogP contribution in [0.5, 0.6) is 11.6 Å². The lowest BCUT2D eigenvalue weighted by Gasteiger charge is -2.32. The normalized spacial score (nSPS) is 31.2. The third-order valence-electron chi connectivity index (χ3n) is 10.2. The van der Waals surface area contributed by atoms with Crippen molar-refractivity contribution in [3.63, 3.8) is 0 Å². The van der Waals surface area contributed by atoms with E-state index in [2.05, 4.69) is 15.6 Å². The SMILES string of the molecule is COc1ccc2c(O[C@@H]3C[C@H]4C(=O)NC5(C(=O)NS(=O)(=O)C6(CF)CC6)CC5/C=C\CC[C@@H](C)O[C@@H](C)[C@H](NC(=O)O)C(=O)N4C3)nccc2c1. The molecule has 15 nitrogen and oxygen atoms in total. The number of rotatable bonds is 8. The number of amides is 4. The fraction of sp³-hybridized carbons (Fsp3) is 0.559. The molecule has 3 fully saturated rings. The molecule has 17 heteroatoms. The molecule has 7 atom stereocenters. The summed E-state index contributed by atoms with van der Waals surface area (Å²) in [7, 11) is -2.85. The van der Waals surface area contributed by atoms with Crippen LogP contribution in [0.3, 0.4) is 0 Å². The Morgan fingerprint density at radius 1 is 1.22 bits per heavy atom. The Bertz CT molecular complexity index is 1860. The average Bonchev–Trinajstić information content (AvgIpc) is 3.99. The van der Waals surface area contributed by atoms with Gasteiger partial charge in [-0.3, -0.25) is 19.1 Å². The fourth-order valence-corrected chi connectivity index (χ4v) is 8.32. The van der Waals surface area contributed by atoms with Crippen molar-refractivity contribution >= 4 is 44.6 Å². The van der Waals surface area contributed by atoms with Gasteiger partial charge in [-0.2, -0.15) is 0 Å². The highest BCUT2D eigenvalue weighted by Gasteiger charge is 2.64. The number of carboxylic acid groups (broad SMARTS) is 1. The van der Waals surface area contributed by atoms with Gasteiger partial charge in [0.1, 0.15) is 40.9 Å². The number of hydrogen-bond donors (Lipinski definition) is 4. The Morgan fingerprint density at radius 2 is 1.98 bits per heavy atom. The van der Waals surface area contributed by atoms with Crippen molar-refractivity contribution < 1.29 is 51.3 Å². The van der Waals surface area contributed by atoms with Crippen molar-refractivity contribution in [1.29, 1.82) is 0 Å². The van der Waals surface area contributed by atoms with E-state index in [-0.39, 0.29) is 38.1 Å². The molecule has 276 valence electrons. The molecule has 2 aliphatic carbocycles. The van der Waals surface area contributed by atoms with Gasteiger partial charge in [0, 0.05) is 23.9 Å². The fourth-order valence-electron chi connectivity index (χ4n) is 6.90. The van der Waals surface area contributed by atoms with Gasteiger partial charge in [-0.05, 0) is 75.6 Å². The van der Waals surface area contributed by atoms with Crippen molar-refractivity contribution in [3.05, 3.63) is 42.6 Å². The van der Waals surface area contributed by atoms with Crippen molar-refractivity contribution in [2.75, 3.05) is 20.3 Å². The molecular weight excluding hydrogens is 689 g/mol. The molecule has 2 aromatic rings. The highest BCUT2D eigenvalue weighted by atomic mass is 32.2. The number of methoxy groups -OCH3 is 1. The molecule has 2 saturated carbocycles. The first kappa shape index (κ1) is 36.3. The zero-order valence-electron chi connectivity index (χ0n) is 28.5. The highest BCUT2D eigenvalue weighted by Crippen LogP contribution is 2.48. The first-order valence-electron chi connectivity index (χ1n) is 16.9. The summed E-state index contributed by atoms with van der Waals surface area (Å²) in [5.41, 5.74) is -1.69. The number of pyridine rings is 1. The van der Waals surface area contributed by atoms with Gasteiger partial charge in [-0.1, -0.05) is 12.2 Å². The third-order valence-corrected chi connectivity index (χ3v) is 12.4. The molecule has 2 aliphatic heterocycles. The van der Waals surface area contributed by atoms with E-state index < -0.39 is 87.1 Å². The van der Waals surface area contributed by atoms with Gasteiger partial charge in [0.2, 0.25) is 27.7 Å². The van der Waals surface area contributed by atoms with E-state index in [1.54, 1.807) is 63.6 Å². The Morgan fingerprint density at radius 3 is 2.67 bits per heavy atom. The maximum absolute atomic E-state index is 14.2. The molecule has 2 unspecified atom stereocenters. The lowest BCUT2D eigenvalue weighted by Crippen LogP contribution is -2.60. The number of sulfonamides is 1. The van der Waals surface area contributed by atoms with Gasteiger partial charge in [0.25, 0.3) is 5.91 Å². The number of hydrogen-bond acceptors (Lipinski definition) is 10. The lowest BCUT2D eigenvalue weighted by atomic mass is 10.1. The summed E-state index contributed by atoms with van der Waals surface area (Å²) in [6.07, 6.45) is 2.54. The van der Waals surface area contributed by atoms with Crippen LogP contribution in [-0.2, 0) is 29.1 Å². The first-order valence-corrected chi connectivity index (χ1v) is 18.4. The van der Waals surface area contributed by atoms with Gasteiger partial charge in [0.05, 0.1) is 25.9 Å². The summed E-state index contributed by atoms with van der Waals surface area (Å²) >= 11 is 0. The molecular formula is C34H42FN5O10S. The summed E-state index contributed by atoms with van der Waals surface area (Å²) in [6, 6.07) is 4.40. The quantitative estimate of drug-likeness (QED) is 0.290. The van der Waals surface area contributed by atoms with E-state index in [1.165, 1.54) is 4.90 Å². The van der Waals surface area contributed by atoms with Gasteiger partial charge in [-0.15, -0.1) is 0 Å². The minimum Gasteiger partial charge on any atom is -0.497 e. The number of benzene rings is 1. The van der Waals surface area contributed by atoms with Crippen LogP contribution in [0.4, 0.5) is 9.18 Å². The Labute approximate surface area is 294 Å². The Kier molecular flexibility index (Phi) is 9.89. The predicted octanol–water partition coefficient (Wildman–Crippen LogP) is 2.19. The van der Waals surface area contributed by atoms with E-state index in [4.69, 9.17) is 14.2 Å². The van der Waals surface area contributed by atoms with Crippen LogP contribution in [0.1, 0.15) is 52.4 Å². The number of ether oxygens (including phenoxy) is 3. The summed E-state index contributed by atoms with van der Waals surface area (Å²) < 4.78 is 57.9. The van der Waals surface area contributed by atoms with Crippen molar-refractivity contribution in [2.24, 2.45) is 5.92 Å². The molecule has 1 aromatic carbocycles. The van der Waals surface area contributed by atoms with Crippen LogP contribution in [0.25, 0.3) is 10.8 Å². The second kappa shape index (κ2) is 13.9. The summed E-state index contributed by atoms with van der Waals surface area (Å²) in [6.45, 7) is 2.04. The number of halogens is 1. The van der Waals surface area contributed by atoms with Crippen LogP contribution in [0.2, 0.25) is 0 Å². The Hall–Kier alpha value is -4.51. The molecule has 51 heavy (non-hydrogen) atoms. The molecule has 3 heterocycles. The predicted molar refractivity (Wildman–Crippen MR) is 180 cm³/mol. The second-order valence-electron chi connectivity index (χ2n) is 13.8. The van der Waals surface area contributed by atoms with Crippen molar-refractivity contribution in [1.82, 2.24) is 25.2 Å². The molecule has 0 radical (unpaired) electrons. The lowest BCUT2D eigenvalue weighted by molar-refractivity contribution is -0.144. The van der Waals surface area contributed by atoms with Crippen LogP contribution in [0.15, 0.2) is 42.6 Å². The molecule has 4 amide bonds. The van der Waals surface area contributed by atoms with Crippen molar-refractivity contribution in [2.45, 2.75) is 93.1 Å². The molecule has 4 aliphatic rings. The van der Waals surface area contributed by atoms with E-state index >= 15 is 0 Å². The van der Waals surface area contributed by atoms with E-state index in [9.17, 15) is 37.1 Å². The summed E-state index contributed by atoms with van der Waals surface area (Å²) in [4.78, 5) is 59.6. The number of carbonyl (C=O) groups excluding carboxylic acids is 3. The molecule has 6 rings (SSSR count). The minimum atomic E-state index is -4.40. The largest absolute Gasteiger partial charge is 0.497 e. The summed E-state index contributed by atoms with van der Waals surface area (Å²) in [5.74, 6) is -2.26. The molecule has 0 bridgehead atoms. The average molecular weight is 732 g/mol. The maximum atomic E-state index is 14.2. The standard InChI is InChI=1S/C34H42FN5O10S/c1-19-6-4-5-7-22-16-34(22,31(43)39-51(46,47)33(18-35)11-12-33)38-28(41)26-15-24(17-40(26)30(42)27(20(2)49-19)37-32(44)45)50-29-25-9-8-23(48-3)14-21(25)10-13-36-29/h5,7-10,13-14,19-20,22,24,26-27,37H,4,6,11-12,15-18H2,1-3H3,(H,38,41)(H,39,43)(H,44,45)/b7-5-/t19-,20+,22?,24-,26+,27+,34?/m1/s1. The zero-order valence-corrected chi connectivity index (χ0v) is 29.3. The number of aromatic nitrogens is 1. The monoisotopic (exact) mass is 731 g/mol. The van der Waals surface area contributed by atoms with E-state index in [0.29, 0.717) is 24.0 Å². The smallest absolute Gasteiger partial charge is 0.405 e. The number of nitrogens with one attached hydrogen (secondary N) is 3. The second-order valence-corrected chi connectivity index (χ2v) is 15.9. The zero-order chi connectivity index (χ0) is 36.7. The highest BCUT2D eigenvalue weighted by molar-refractivity contribution is 7.91. The maximum Gasteiger partial charge on any atom is 0.405 e. The van der Waals surface area contributed by atoms with Crippen LogP contribution < -0.4 is 24.8 Å². The van der Waals surface area contributed by atoms with Gasteiger partial charge in [0.15, 0.2) is 0 Å². The van der Waals surface area contributed by atoms with Gasteiger partial charge in [-0.25, -0.2) is 22.6 Å².